The zero-order chi connectivity index (χ0) is 7.94. The molecule has 0 amide bonds. The number of alkyl halides is 1. The first-order chi connectivity index (χ1) is 5.43. The van der Waals surface area contributed by atoms with Crippen molar-refractivity contribution in [2.45, 2.75) is 25.7 Å². The van der Waals surface area contributed by atoms with Crippen LogP contribution in [0.2, 0.25) is 0 Å². The summed E-state index contributed by atoms with van der Waals surface area (Å²) in [5.74, 6) is 0.861. The van der Waals surface area contributed by atoms with E-state index in [0.717, 1.165) is 17.6 Å². The van der Waals surface area contributed by atoms with Crippen molar-refractivity contribution >= 4 is 15.9 Å². The maximum absolute atomic E-state index is 5.09. The molecule has 0 aromatic carbocycles. The van der Waals surface area contributed by atoms with Gasteiger partial charge >= 0.3 is 0 Å². The summed E-state index contributed by atoms with van der Waals surface area (Å²) >= 11 is 3.39. The maximum Gasteiger partial charge on any atom is 0.193 e. The molecule has 0 saturated carbocycles. The van der Waals surface area contributed by atoms with Crippen LogP contribution < -0.4 is 0 Å². The highest BCUT2D eigenvalue weighted by molar-refractivity contribution is 9.09. The van der Waals surface area contributed by atoms with Crippen LogP contribution in [-0.2, 0) is 6.42 Å². The van der Waals surface area contributed by atoms with Gasteiger partial charge in [0.15, 0.2) is 5.89 Å². The van der Waals surface area contributed by atoms with Crippen LogP contribution in [0, 0.1) is 0 Å². The lowest BCUT2D eigenvalue weighted by atomic mass is 10.2. The van der Waals surface area contributed by atoms with E-state index in [1.165, 1.54) is 19.3 Å². The van der Waals surface area contributed by atoms with E-state index in [1.807, 2.05) is 0 Å². The van der Waals surface area contributed by atoms with Crippen LogP contribution in [0.5, 0.6) is 0 Å². The van der Waals surface area contributed by atoms with Gasteiger partial charge in [0.05, 0.1) is 6.20 Å². The van der Waals surface area contributed by atoms with Gasteiger partial charge in [0.1, 0.15) is 6.26 Å². The van der Waals surface area contributed by atoms with Crippen LogP contribution in [0.3, 0.4) is 0 Å². The molecule has 0 bridgehead atoms. The molecule has 3 heteroatoms. The normalized spacial score (nSPS) is 10.3. The summed E-state index contributed by atoms with van der Waals surface area (Å²) < 4.78 is 5.09. The molecule has 0 atom stereocenters. The van der Waals surface area contributed by atoms with Crippen molar-refractivity contribution in [3.05, 3.63) is 18.4 Å². The highest BCUT2D eigenvalue weighted by Gasteiger charge is 1.95. The number of nitrogens with zero attached hydrogens (tertiary/aromatic N) is 1. The van der Waals surface area contributed by atoms with E-state index in [9.17, 15) is 0 Å². The number of aromatic nitrogens is 1. The lowest BCUT2D eigenvalue weighted by molar-refractivity contribution is 0.482. The first-order valence-corrected chi connectivity index (χ1v) is 5.00. The molecule has 0 fully saturated rings. The van der Waals surface area contributed by atoms with E-state index in [2.05, 4.69) is 20.9 Å². The number of rotatable bonds is 5. The Morgan fingerprint density at radius 3 is 2.91 bits per heavy atom. The Bertz CT molecular complexity index is 174. The molecule has 0 aliphatic carbocycles. The summed E-state index contributed by atoms with van der Waals surface area (Å²) in [4.78, 5) is 4.04. The molecule has 1 rings (SSSR count). The van der Waals surface area contributed by atoms with Crippen molar-refractivity contribution in [2.75, 3.05) is 5.33 Å². The average molecular weight is 218 g/mol. The molecule has 0 N–H and O–H groups in total. The zero-order valence-corrected chi connectivity index (χ0v) is 8.01. The minimum atomic E-state index is 0.861. The second-order valence-electron chi connectivity index (χ2n) is 2.43. The number of hydrogen-bond donors (Lipinski definition) is 0. The summed E-state index contributed by atoms with van der Waals surface area (Å²) in [6.45, 7) is 0. The van der Waals surface area contributed by atoms with E-state index in [1.54, 1.807) is 12.5 Å². The Labute approximate surface area is 75.1 Å². The minimum Gasteiger partial charge on any atom is -0.449 e. The van der Waals surface area contributed by atoms with Gasteiger partial charge in [-0.1, -0.05) is 22.4 Å². The fourth-order valence-electron chi connectivity index (χ4n) is 0.924. The quantitative estimate of drug-likeness (QED) is 0.561. The molecule has 62 valence electrons. The number of oxazole rings is 1. The summed E-state index contributed by atoms with van der Waals surface area (Å²) in [6.07, 6.45) is 7.94. The molecular weight excluding hydrogens is 206 g/mol. The molecule has 1 aromatic heterocycles. The molecular formula is C8H12BrNO. The number of unbranched alkanes of at least 4 members (excludes halogenated alkanes) is 2. The number of aryl methyl sites for hydroxylation is 1. The van der Waals surface area contributed by atoms with E-state index in [0.29, 0.717) is 0 Å². The highest BCUT2D eigenvalue weighted by Crippen LogP contribution is 2.04. The third kappa shape index (κ3) is 3.56. The Morgan fingerprint density at radius 1 is 1.36 bits per heavy atom. The molecule has 0 spiro atoms. The van der Waals surface area contributed by atoms with Gasteiger partial charge < -0.3 is 4.42 Å². The topological polar surface area (TPSA) is 26.0 Å². The largest absolute Gasteiger partial charge is 0.449 e. The van der Waals surface area contributed by atoms with Crippen LogP contribution in [0.4, 0.5) is 0 Å². The molecule has 1 aromatic rings. The Kier molecular flexibility index (Phi) is 4.28. The van der Waals surface area contributed by atoms with Gasteiger partial charge in [-0.2, -0.15) is 0 Å². The van der Waals surface area contributed by atoms with Crippen molar-refractivity contribution < 1.29 is 4.42 Å². The van der Waals surface area contributed by atoms with E-state index < -0.39 is 0 Å². The number of halogens is 1. The Hall–Kier alpha value is -0.310. The summed E-state index contributed by atoms with van der Waals surface area (Å²) in [6, 6.07) is 0. The molecule has 0 aliphatic rings. The molecule has 2 nitrogen and oxygen atoms in total. The Morgan fingerprint density at radius 2 is 2.27 bits per heavy atom. The molecule has 0 unspecified atom stereocenters. The van der Waals surface area contributed by atoms with Crippen molar-refractivity contribution in [2.24, 2.45) is 0 Å². The summed E-state index contributed by atoms with van der Waals surface area (Å²) in [5, 5.41) is 1.10. The Balaban J connectivity index is 2.04. The highest BCUT2D eigenvalue weighted by atomic mass is 79.9. The van der Waals surface area contributed by atoms with Gasteiger partial charge in [0, 0.05) is 11.8 Å². The third-order valence-corrected chi connectivity index (χ3v) is 2.07. The van der Waals surface area contributed by atoms with E-state index in [-0.39, 0.29) is 0 Å². The fourth-order valence-corrected chi connectivity index (χ4v) is 1.32. The standard InChI is InChI=1S/C8H12BrNO/c9-5-3-1-2-4-8-10-6-7-11-8/h6-7H,1-5H2. The molecule has 0 radical (unpaired) electrons. The fraction of sp³-hybridized carbons (Fsp3) is 0.625. The molecule has 0 saturated heterocycles. The smallest absolute Gasteiger partial charge is 0.193 e. The first kappa shape index (κ1) is 8.78. The van der Waals surface area contributed by atoms with Crippen LogP contribution in [-0.4, -0.2) is 10.3 Å². The van der Waals surface area contributed by atoms with Gasteiger partial charge in [-0.3, -0.25) is 0 Å². The van der Waals surface area contributed by atoms with Crippen LogP contribution in [0.1, 0.15) is 25.2 Å². The second-order valence-corrected chi connectivity index (χ2v) is 3.22. The monoisotopic (exact) mass is 217 g/mol. The van der Waals surface area contributed by atoms with Crippen molar-refractivity contribution in [1.29, 1.82) is 0 Å². The summed E-state index contributed by atoms with van der Waals surface area (Å²) in [7, 11) is 0. The van der Waals surface area contributed by atoms with Crippen molar-refractivity contribution in [3.8, 4) is 0 Å². The third-order valence-electron chi connectivity index (χ3n) is 1.51. The molecule has 0 aliphatic heterocycles. The molecule has 11 heavy (non-hydrogen) atoms. The zero-order valence-electron chi connectivity index (χ0n) is 6.42. The van der Waals surface area contributed by atoms with Crippen LogP contribution >= 0.6 is 15.9 Å². The van der Waals surface area contributed by atoms with E-state index >= 15 is 0 Å². The van der Waals surface area contributed by atoms with Gasteiger partial charge in [0.2, 0.25) is 0 Å². The van der Waals surface area contributed by atoms with E-state index in [4.69, 9.17) is 4.42 Å². The average Bonchev–Trinajstić information content (AvgIpc) is 2.50. The van der Waals surface area contributed by atoms with Gasteiger partial charge in [-0.05, 0) is 12.8 Å². The van der Waals surface area contributed by atoms with Crippen molar-refractivity contribution in [3.63, 3.8) is 0 Å². The maximum atomic E-state index is 5.09. The minimum absolute atomic E-state index is 0.861. The number of hydrogen-bond acceptors (Lipinski definition) is 2. The van der Waals surface area contributed by atoms with Gasteiger partial charge in [-0.25, -0.2) is 4.98 Å². The second kappa shape index (κ2) is 5.35. The SMILES string of the molecule is BrCCCCCc1ncco1. The lowest BCUT2D eigenvalue weighted by Crippen LogP contribution is -1.85. The molecule has 1 heterocycles. The predicted molar refractivity (Wildman–Crippen MR) is 47.9 cm³/mol. The first-order valence-electron chi connectivity index (χ1n) is 3.88. The predicted octanol–water partition coefficient (Wildman–Crippen LogP) is 2.78. The van der Waals surface area contributed by atoms with Gasteiger partial charge in [-0.15, -0.1) is 0 Å². The summed E-state index contributed by atoms with van der Waals surface area (Å²) in [5.41, 5.74) is 0. The lowest BCUT2D eigenvalue weighted by Gasteiger charge is -1.93. The van der Waals surface area contributed by atoms with Crippen molar-refractivity contribution in [1.82, 2.24) is 4.98 Å². The van der Waals surface area contributed by atoms with Crippen LogP contribution in [0.15, 0.2) is 16.9 Å². The van der Waals surface area contributed by atoms with Gasteiger partial charge in [0.25, 0.3) is 0 Å². The van der Waals surface area contributed by atoms with Crippen LogP contribution in [0.25, 0.3) is 0 Å².